The summed E-state index contributed by atoms with van der Waals surface area (Å²) in [6.07, 6.45) is 7.30. The second-order valence-electron chi connectivity index (χ2n) is 6.57. The topological polar surface area (TPSA) is 93.5 Å². The number of rotatable bonds is 10. The van der Waals surface area contributed by atoms with Gasteiger partial charge in [-0.15, -0.1) is 0 Å². The van der Waals surface area contributed by atoms with Gasteiger partial charge in [-0.2, -0.15) is 0 Å². The maximum Gasteiger partial charge on any atom is 0.270 e. The van der Waals surface area contributed by atoms with Crippen molar-refractivity contribution < 1.29 is 14.5 Å². The molecule has 0 radical (unpaired) electrons. The van der Waals surface area contributed by atoms with E-state index in [9.17, 15) is 14.9 Å². The van der Waals surface area contributed by atoms with Crippen LogP contribution in [0.5, 0.6) is 5.75 Å². The Bertz CT molecular complexity index is 915. The third kappa shape index (κ3) is 8.40. The van der Waals surface area contributed by atoms with Gasteiger partial charge in [-0.25, -0.2) is 0 Å². The molecule has 0 saturated heterocycles. The second-order valence-corrected chi connectivity index (χ2v) is 6.97. The molecule has 0 aromatic heterocycles. The van der Waals surface area contributed by atoms with E-state index in [1.807, 2.05) is 24.3 Å². The van der Waals surface area contributed by atoms with E-state index >= 15 is 0 Å². The molecular formula is C22H25N3O4S. The van der Waals surface area contributed by atoms with Crippen LogP contribution in [0.25, 0.3) is 6.08 Å². The van der Waals surface area contributed by atoms with Crippen molar-refractivity contribution in [3.05, 3.63) is 70.3 Å². The molecule has 2 aromatic carbocycles. The number of thiocarbonyl (C=S) groups is 1. The van der Waals surface area contributed by atoms with Gasteiger partial charge in [0, 0.05) is 30.0 Å². The number of ether oxygens (including phenoxy) is 1. The van der Waals surface area contributed by atoms with E-state index in [0.29, 0.717) is 17.9 Å². The smallest absolute Gasteiger partial charge is 0.270 e. The zero-order chi connectivity index (χ0) is 21.8. The second kappa shape index (κ2) is 12.3. The van der Waals surface area contributed by atoms with Crippen LogP contribution >= 0.6 is 12.2 Å². The van der Waals surface area contributed by atoms with E-state index in [1.54, 1.807) is 12.1 Å². The van der Waals surface area contributed by atoms with E-state index < -0.39 is 10.8 Å². The Morgan fingerprint density at radius 2 is 1.97 bits per heavy atom. The van der Waals surface area contributed by atoms with E-state index in [0.717, 1.165) is 18.6 Å². The lowest BCUT2D eigenvalue weighted by Gasteiger charge is -2.11. The van der Waals surface area contributed by atoms with Gasteiger partial charge in [0.2, 0.25) is 5.91 Å². The molecule has 0 unspecified atom stereocenters. The number of nitrogens with zero attached hydrogens (tertiary/aromatic N) is 1. The fourth-order valence-electron chi connectivity index (χ4n) is 2.61. The van der Waals surface area contributed by atoms with Gasteiger partial charge in [0.25, 0.3) is 5.69 Å². The van der Waals surface area contributed by atoms with Gasteiger partial charge >= 0.3 is 0 Å². The van der Waals surface area contributed by atoms with Crippen molar-refractivity contribution in [2.45, 2.75) is 32.6 Å². The standard InChI is InChI=1S/C22H25N3O4S/c1-2-3-4-5-14-29-20-11-7-9-18(16-20)23-22(30)24-21(26)13-12-17-8-6-10-19(15-17)25(27)28/h6-13,15-16H,2-5,14H2,1H3,(H2,23,24,26,30)/b13-12+. The van der Waals surface area contributed by atoms with Crippen molar-refractivity contribution in [3.63, 3.8) is 0 Å². The minimum absolute atomic E-state index is 0.0396. The first-order valence-electron chi connectivity index (χ1n) is 9.75. The Morgan fingerprint density at radius 1 is 1.17 bits per heavy atom. The number of carbonyl (C=O) groups is 1. The SMILES string of the molecule is CCCCCCOc1cccc(NC(=S)NC(=O)/C=C/c2cccc([N+](=O)[O-])c2)c1. The Balaban J connectivity index is 1.83. The van der Waals surface area contributed by atoms with Gasteiger partial charge < -0.3 is 10.1 Å². The highest BCUT2D eigenvalue weighted by Gasteiger charge is 2.06. The largest absolute Gasteiger partial charge is 0.494 e. The summed E-state index contributed by atoms with van der Waals surface area (Å²) in [5.41, 5.74) is 1.21. The minimum atomic E-state index is -0.487. The number of benzene rings is 2. The fourth-order valence-corrected chi connectivity index (χ4v) is 2.83. The van der Waals surface area contributed by atoms with Gasteiger partial charge in [0.05, 0.1) is 11.5 Å². The van der Waals surface area contributed by atoms with Crippen LogP contribution in [-0.4, -0.2) is 22.5 Å². The molecule has 0 aliphatic rings. The number of non-ortho nitro benzene ring substituents is 1. The van der Waals surface area contributed by atoms with Crippen molar-refractivity contribution in [3.8, 4) is 5.75 Å². The van der Waals surface area contributed by atoms with E-state index in [2.05, 4.69) is 17.6 Å². The Labute approximate surface area is 181 Å². The van der Waals surface area contributed by atoms with E-state index in [-0.39, 0.29) is 10.8 Å². The van der Waals surface area contributed by atoms with Crippen LogP contribution in [0, 0.1) is 10.1 Å². The molecule has 0 saturated carbocycles. The average molecular weight is 428 g/mol. The summed E-state index contributed by atoms with van der Waals surface area (Å²) in [5.74, 6) is 0.290. The van der Waals surface area contributed by atoms with Gasteiger partial charge in [0.1, 0.15) is 5.75 Å². The fraction of sp³-hybridized carbons (Fsp3) is 0.273. The van der Waals surface area contributed by atoms with Crippen LogP contribution in [0.4, 0.5) is 11.4 Å². The van der Waals surface area contributed by atoms with Gasteiger partial charge in [-0.1, -0.05) is 44.4 Å². The number of nitrogens with one attached hydrogen (secondary N) is 2. The molecule has 158 valence electrons. The summed E-state index contributed by atoms with van der Waals surface area (Å²) in [6, 6.07) is 13.3. The zero-order valence-electron chi connectivity index (χ0n) is 16.8. The molecule has 0 heterocycles. The monoisotopic (exact) mass is 427 g/mol. The predicted molar refractivity (Wildman–Crippen MR) is 123 cm³/mol. The van der Waals surface area contributed by atoms with Crippen molar-refractivity contribution in [2.75, 3.05) is 11.9 Å². The van der Waals surface area contributed by atoms with Crippen LogP contribution in [0.1, 0.15) is 38.2 Å². The van der Waals surface area contributed by atoms with Crippen molar-refractivity contribution in [1.29, 1.82) is 0 Å². The summed E-state index contributed by atoms with van der Waals surface area (Å²) in [5, 5.41) is 16.4. The highest BCUT2D eigenvalue weighted by atomic mass is 32.1. The normalized spacial score (nSPS) is 10.6. The van der Waals surface area contributed by atoms with E-state index in [4.69, 9.17) is 17.0 Å². The van der Waals surface area contributed by atoms with Gasteiger partial charge in [-0.05, 0) is 42.4 Å². The summed E-state index contributed by atoms with van der Waals surface area (Å²) < 4.78 is 5.74. The van der Waals surface area contributed by atoms with Crippen LogP contribution < -0.4 is 15.4 Å². The number of hydrogen-bond acceptors (Lipinski definition) is 5. The Hall–Kier alpha value is -3.26. The maximum atomic E-state index is 12.0. The number of unbranched alkanes of at least 4 members (excludes halogenated alkanes) is 3. The molecule has 0 spiro atoms. The summed E-state index contributed by atoms with van der Waals surface area (Å²) in [4.78, 5) is 22.4. The van der Waals surface area contributed by atoms with Gasteiger partial charge in [0.15, 0.2) is 5.11 Å². The molecule has 0 fully saturated rings. The molecule has 8 heteroatoms. The van der Waals surface area contributed by atoms with Crippen molar-refractivity contribution in [2.24, 2.45) is 0 Å². The summed E-state index contributed by atoms with van der Waals surface area (Å²) in [7, 11) is 0. The molecule has 30 heavy (non-hydrogen) atoms. The molecule has 2 N–H and O–H groups in total. The van der Waals surface area contributed by atoms with Crippen molar-refractivity contribution >= 4 is 40.7 Å². The minimum Gasteiger partial charge on any atom is -0.494 e. The zero-order valence-corrected chi connectivity index (χ0v) is 17.6. The molecule has 0 aliphatic heterocycles. The maximum absolute atomic E-state index is 12.0. The van der Waals surface area contributed by atoms with Crippen LogP contribution in [0.15, 0.2) is 54.6 Å². The third-order valence-corrected chi connectivity index (χ3v) is 4.31. The first-order chi connectivity index (χ1) is 14.5. The number of amides is 1. The first kappa shape index (κ1) is 23.0. The lowest BCUT2D eigenvalue weighted by Crippen LogP contribution is -2.32. The quantitative estimate of drug-likeness (QED) is 0.181. The molecule has 0 bridgehead atoms. The molecule has 2 aromatic rings. The molecule has 2 rings (SSSR count). The predicted octanol–water partition coefficient (Wildman–Crippen LogP) is 5.08. The average Bonchev–Trinajstić information content (AvgIpc) is 2.72. The highest BCUT2D eigenvalue weighted by Crippen LogP contribution is 2.18. The lowest BCUT2D eigenvalue weighted by molar-refractivity contribution is -0.384. The molecule has 0 atom stereocenters. The first-order valence-corrected chi connectivity index (χ1v) is 10.2. The number of anilines is 1. The van der Waals surface area contributed by atoms with Gasteiger partial charge in [-0.3, -0.25) is 20.2 Å². The van der Waals surface area contributed by atoms with Crippen LogP contribution in [0.3, 0.4) is 0 Å². The number of nitro groups is 1. The van der Waals surface area contributed by atoms with Crippen LogP contribution in [0.2, 0.25) is 0 Å². The third-order valence-electron chi connectivity index (χ3n) is 4.10. The molecule has 0 aliphatic carbocycles. The van der Waals surface area contributed by atoms with Crippen LogP contribution in [-0.2, 0) is 4.79 Å². The summed E-state index contributed by atoms with van der Waals surface area (Å²) in [6.45, 7) is 2.83. The van der Waals surface area contributed by atoms with E-state index in [1.165, 1.54) is 37.1 Å². The molecule has 7 nitrogen and oxygen atoms in total. The molecule has 1 amide bonds. The Morgan fingerprint density at radius 3 is 2.73 bits per heavy atom. The number of hydrogen-bond donors (Lipinski definition) is 2. The number of nitro benzene ring substituents is 1. The highest BCUT2D eigenvalue weighted by molar-refractivity contribution is 7.80. The summed E-state index contributed by atoms with van der Waals surface area (Å²) >= 11 is 5.17. The molecular weight excluding hydrogens is 402 g/mol. The Kier molecular flexibility index (Phi) is 9.47. The number of carbonyl (C=O) groups excluding carboxylic acids is 1. The lowest BCUT2D eigenvalue weighted by atomic mass is 10.2. The van der Waals surface area contributed by atoms with Crippen molar-refractivity contribution in [1.82, 2.24) is 5.32 Å².